The van der Waals surface area contributed by atoms with Crippen molar-refractivity contribution in [3.8, 4) is 5.69 Å². The van der Waals surface area contributed by atoms with Crippen LogP contribution in [0.25, 0.3) is 16.6 Å². The topological polar surface area (TPSA) is 70.5 Å². The fourth-order valence-corrected chi connectivity index (χ4v) is 4.88. The second-order valence-electron chi connectivity index (χ2n) is 9.11. The number of piperidine rings is 1. The largest absolute Gasteiger partial charge is 0.351 e. The van der Waals surface area contributed by atoms with Gasteiger partial charge >= 0.3 is 0 Å². The molecule has 1 N–H and O–H groups in total. The van der Waals surface area contributed by atoms with Gasteiger partial charge in [-0.3, -0.25) is 9.59 Å². The molecule has 2 saturated heterocycles. The average molecular weight is 464 g/mol. The van der Waals surface area contributed by atoms with Gasteiger partial charge in [0.25, 0.3) is 11.5 Å². The summed E-state index contributed by atoms with van der Waals surface area (Å²) in [5.74, 6) is 0.0135. The van der Waals surface area contributed by atoms with Crippen molar-refractivity contribution in [1.29, 1.82) is 0 Å². The van der Waals surface area contributed by atoms with Crippen LogP contribution in [0, 0.1) is 5.82 Å². The molecule has 8 heteroatoms. The Bertz CT molecular complexity index is 1230. The van der Waals surface area contributed by atoms with Crippen molar-refractivity contribution in [1.82, 2.24) is 19.8 Å². The van der Waals surface area contributed by atoms with Crippen molar-refractivity contribution in [2.24, 2.45) is 0 Å². The van der Waals surface area contributed by atoms with E-state index in [1.807, 2.05) is 0 Å². The highest BCUT2D eigenvalue weighted by molar-refractivity contribution is 5.97. The van der Waals surface area contributed by atoms with Crippen LogP contribution in [-0.4, -0.2) is 59.6 Å². The highest BCUT2D eigenvalue weighted by atomic mass is 19.1. The molecule has 0 bridgehead atoms. The first-order chi connectivity index (χ1) is 16.6. The first-order valence-corrected chi connectivity index (χ1v) is 12.2. The maximum Gasteiger partial charge on any atom is 0.267 e. The molecule has 0 radical (unpaired) electrons. The summed E-state index contributed by atoms with van der Waals surface area (Å²) in [7, 11) is 0. The molecular weight excluding hydrogens is 433 g/mol. The fraction of sp³-hybridized carbons (Fsp3) is 0.423. The van der Waals surface area contributed by atoms with E-state index < -0.39 is 0 Å². The lowest BCUT2D eigenvalue weighted by atomic mass is 10.1. The molecule has 3 aromatic rings. The third-order valence-electron chi connectivity index (χ3n) is 6.75. The van der Waals surface area contributed by atoms with E-state index in [4.69, 9.17) is 4.98 Å². The summed E-state index contributed by atoms with van der Waals surface area (Å²) in [6.07, 6.45) is 5.78. The first kappa shape index (κ1) is 22.5. The predicted molar refractivity (Wildman–Crippen MR) is 131 cm³/mol. The molecule has 0 spiro atoms. The van der Waals surface area contributed by atoms with E-state index in [-0.39, 0.29) is 17.3 Å². The minimum atomic E-state index is -0.357. The number of rotatable bonds is 6. The van der Waals surface area contributed by atoms with Gasteiger partial charge in [0, 0.05) is 31.7 Å². The third-order valence-corrected chi connectivity index (χ3v) is 6.75. The summed E-state index contributed by atoms with van der Waals surface area (Å²) in [6.45, 7) is 5.23. The van der Waals surface area contributed by atoms with Gasteiger partial charge in [-0.1, -0.05) is 6.42 Å². The zero-order valence-corrected chi connectivity index (χ0v) is 19.3. The summed E-state index contributed by atoms with van der Waals surface area (Å²) < 4.78 is 15.1. The summed E-state index contributed by atoms with van der Waals surface area (Å²) in [4.78, 5) is 35.6. The van der Waals surface area contributed by atoms with Crippen LogP contribution in [0.4, 0.5) is 10.3 Å². The second-order valence-corrected chi connectivity index (χ2v) is 9.11. The van der Waals surface area contributed by atoms with Crippen LogP contribution in [0.5, 0.6) is 0 Å². The number of likely N-dealkylation sites (tertiary alicyclic amines) is 1. The molecule has 2 aliphatic heterocycles. The number of nitrogens with zero attached hydrogens (tertiary/aromatic N) is 4. The van der Waals surface area contributed by atoms with E-state index >= 15 is 0 Å². The Hall–Kier alpha value is -3.26. The summed E-state index contributed by atoms with van der Waals surface area (Å²) in [5, 5.41) is 3.43. The number of halogens is 1. The number of hydrogen-bond donors (Lipinski definition) is 1. The lowest BCUT2D eigenvalue weighted by Crippen LogP contribution is -2.37. The van der Waals surface area contributed by atoms with Crippen molar-refractivity contribution in [3.05, 3.63) is 64.2 Å². The zero-order valence-electron chi connectivity index (χ0n) is 19.3. The monoisotopic (exact) mass is 463 g/mol. The third kappa shape index (κ3) is 4.68. The van der Waals surface area contributed by atoms with Gasteiger partial charge in [-0.15, -0.1) is 0 Å². The van der Waals surface area contributed by atoms with Crippen LogP contribution in [0.15, 0.2) is 47.3 Å². The zero-order chi connectivity index (χ0) is 23.5. The Morgan fingerprint density at radius 1 is 0.941 bits per heavy atom. The predicted octanol–water partition coefficient (Wildman–Crippen LogP) is 3.34. The Labute approximate surface area is 198 Å². The van der Waals surface area contributed by atoms with E-state index in [1.165, 1.54) is 31.4 Å². The van der Waals surface area contributed by atoms with E-state index in [0.29, 0.717) is 34.6 Å². The number of aromatic nitrogens is 2. The molecule has 34 heavy (non-hydrogen) atoms. The SMILES string of the molecule is O=C(NCCN1CCCCC1)c1ccc2c(=O)n(-c3ccc(F)cc3)c(N3CCCC3)nc2c1. The molecule has 2 fully saturated rings. The van der Waals surface area contributed by atoms with Gasteiger partial charge in [0.15, 0.2) is 0 Å². The normalized spacial score (nSPS) is 16.8. The Kier molecular flexibility index (Phi) is 6.58. The molecule has 7 nitrogen and oxygen atoms in total. The van der Waals surface area contributed by atoms with Crippen LogP contribution in [0.1, 0.15) is 42.5 Å². The molecule has 1 amide bonds. The number of amides is 1. The average Bonchev–Trinajstić information content (AvgIpc) is 3.40. The molecule has 0 aliphatic carbocycles. The van der Waals surface area contributed by atoms with Crippen molar-refractivity contribution < 1.29 is 9.18 Å². The van der Waals surface area contributed by atoms with Gasteiger partial charge in [0.05, 0.1) is 16.6 Å². The molecule has 0 saturated carbocycles. The Balaban J connectivity index is 1.44. The van der Waals surface area contributed by atoms with Crippen LogP contribution in [0.2, 0.25) is 0 Å². The van der Waals surface area contributed by atoms with Crippen molar-refractivity contribution in [2.45, 2.75) is 32.1 Å². The molecular formula is C26H30FN5O2. The molecule has 0 unspecified atom stereocenters. The highest BCUT2D eigenvalue weighted by Gasteiger charge is 2.22. The van der Waals surface area contributed by atoms with Crippen LogP contribution >= 0.6 is 0 Å². The molecule has 0 atom stereocenters. The highest BCUT2D eigenvalue weighted by Crippen LogP contribution is 2.23. The fourth-order valence-electron chi connectivity index (χ4n) is 4.88. The standard InChI is InChI=1S/C26H30FN5O2/c27-20-7-9-21(10-8-20)32-25(34)22-11-6-19(18-23(22)29-26(32)31-15-4-5-16-31)24(33)28-12-17-30-13-2-1-3-14-30/h6-11,18H,1-5,12-17H2,(H,28,33). The van der Waals surface area contributed by atoms with E-state index in [0.717, 1.165) is 45.6 Å². The van der Waals surface area contributed by atoms with Gasteiger partial charge in [0.2, 0.25) is 5.95 Å². The van der Waals surface area contributed by atoms with E-state index in [2.05, 4.69) is 15.1 Å². The Morgan fingerprint density at radius 2 is 1.65 bits per heavy atom. The molecule has 3 heterocycles. The number of nitrogens with one attached hydrogen (secondary N) is 1. The lowest BCUT2D eigenvalue weighted by molar-refractivity contribution is 0.0946. The number of hydrogen-bond acceptors (Lipinski definition) is 5. The molecule has 2 aromatic carbocycles. The Morgan fingerprint density at radius 3 is 2.38 bits per heavy atom. The number of anilines is 1. The van der Waals surface area contributed by atoms with Crippen molar-refractivity contribution in [2.75, 3.05) is 44.2 Å². The number of benzene rings is 2. The quantitative estimate of drug-likeness (QED) is 0.607. The minimum absolute atomic E-state index is 0.161. The van der Waals surface area contributed by atoms with Crippen molar-refractivity contribution >= 4 is 22.8 Å². The van der Waals surface area contributed by atoms with Gasteiger partial charge in [0.1, 0.15) is 5.82 Å². The summed E-state index contributed by atoms with van der Waals surface area (Å²) in [6, 6.07) is 10.9. The maximum atomic E-state index is 13.5. The van der Waals surface area contributed by atoms with Crippen LogP contribution in [-0.2, 0) is 0 Å². The summed E-state index contributed by atoms with van der Waals surface area (Å²) >= 11 is 0. The second kappa shape index (κ2) is 9.93. The van der Waals surface area contributed by atoms with Gasteiger partial charge in [-0.05, 0) is 81.2 Å². The molecule has 178 valence electrons. The summed E-state index contributed by atoms with van der Waals surface area (Å²) in [5.41, 5.74) is 1.33. The minimum Gasteiger partial charge on any atom is -0.351 e. The number of carbonyl (C=O) groups excluding carboxylic acids is 1. The first-order valence-electron chi connectivity index (χ1n) is 12.2. The van der Waals surface area contributed by atoms with Crippen molar-refractivity contribution in [3.63, 3.8) is 0 Å². The van der Waals surface area contributed by atoms with Gasteiger partial charge in [-0.25, -0.2) is 13.9 Å². The number of carbonyl (C=O) groups is 1. The molecule has 2 aliphatic rings. The van der Waals surface area contributed by atoms with E-state index in [1.54, 1.807) is 34.9 Å². The molecule has 5 rings (SSSR count). The number of fused-ring (bicyclic) bond motifs is 1. The maximum absolute atomic E-state index is 13.5. The smallest absolute Gasteiger partial charge is 0.267 e. The lowest BCUT2D eigenvalue weighted by Gasteiger charge is -2.26. The van der Waals surface area contributed by atoms with E-state index in [9.17, 15) is 14.0 Å². The van der Waals surface area contributed by atoms with Crippen LogP contribution in [0.3, 0.4) is 0 Å². The van der Waals surface area contributed by atoms with Crippen LogP contribution < -0.4 is 15.8 Å². The van der Waals surface area contributed by atoms with Gasteiger partial charge in [-0.2, -0.15) is 0 Å². The molecule has 1 aromatic heterocycles. The van der Waals surface area contributed by atoms with Gasteiger partial charge < -0.3 is 15.1 Å².